The van der Waals surface area contributed by atoms with Gasteiger partial charge in [-0.15, -0.1) is 24.8 Å². The lowest BCUT2D eigenvalue weighted by Gasteiger charge is -2.41. The summed E-state index contributed by atoms with van der Waals surface area (Å²) in [7, 11) is 0. The van der Waals surface area contributed by atoms with E-state index in [-0.39, 0.29) is 36.0 Å². The lowest BCUT2D eigenvalue weighted by Crippen LogP contribution is -2.47. The van der Waals surface area contributed by atoms with Crippen molar-refractivity contribution in [1.29, 1.82) is 0 Å². The van der Waals surface area contributed by atoms with E-state index in [2.05, 4.69) is 51.5 Å². The topological polar surface area (TPSA) is 18.5 Å². The summed E-state index contributed by atoms with van der Waals surface area (Å²) in [4.78, 5) is 4.92. The monoisotopic (exact) mass is 535 g/mol. The Kier molecular flexibility index (Phi) is 9.86. The second-order valence-electron chi connectivity index (χ2n) is 9.26. The highest BCUT2D eigenvalue weighted by atomic mass is 35.5. The third kappa shape index (κ3) is 6.12. The zero-order valence-electron chi connectivity index (χ0n) is 19.8. The summed E-state index contributed by atoms with van der Waals surface area (Å²) >= 11 is 6.22. The summed E-state index contributed by atoms with van der Waals surface area (Å²) in [6, 6.07) is 24.2. The lowest BCUT2D eigenvalue weighted by molar-refractivity contribution is 0.243. The minimum atomic E-state index is -0.175. The molecule has 3 aromatic rings. The second-order valence-corrected chi connectivity index (χ2v) is 9.69. The molecule has 1 fully saturated rings. The Morgan fingerprint density at radius 1 is 0.857 bits per heavy atom. The molecule has 1 saturated heterocycles. The second kappa shape index (κ2) is 12.4. The highest BCUT2D eigenvalue weighted by molar-refractivity contribution is 6.30. The standard InChI is InChI=1S/C28H31ClFN3.2ClH/c29-24-8-6-23(7-9-24)28(21-31-20-22-4-1-2-5-27(22)28)14-3-15-32-16-18-33(19-17-32)26-12-10-25(30)11-13-26;;/h1-2,4-13,31H,3,14-21H2;2*1H. The van der Waals surface area contributed by atoms with E-state index in [4.69, 9.17) is 11.6 Å². The Labute approximate surface area is 225 Å². The molecule has 0 amide bonds. The number of benzene rings is 3. The van der Waals surface area contributed by atoms with E-state index in [1.54, 1.807) is 12.1 Å². The van der Waals surface area contributed by atoms with Crippen molar-refractivity contribution in [2.75, 3.05) is 44.2 Å². The number of rotatable bonds is 6. The highest BCUT2D eigenvalue weighted by Gasteiger charge is 2.37. The van der Waals surface area contributed by atoms with Crippen LogP contribution in [0.4, 0.5) is 10.1 Å². The van der Waals surface area contributed by atoms with Gasteiger partial charge in [-0.05, 0) is 72.5 Å². The molecule has 5 rings (SSSR count). The van der Waals surface area contributed by atoms with E-state index in [0.717, 1.165) is 69.4 Å². The van der Waals surface area contributed by atoms with E-state index in [0.29, 0.717) is 0 Å². The van der Waals surface area contributed by atoms with Gasteiger partial charge < -0.3 is 10.2 Å². The van der Waals surface area contributed by atoms with Crippen LogP contribution in [0.3, 0.4) is 0 Å². The molecule has 0 bridgehead atoms. The van der Waals surface area contributed by atoms with E-state index < -0.39 is 0 Å². The summed E-state index contributed by atoms with van der Waals surface area (Å²) in [5.74, 6) is -0.175. The van der Waals surface area contributed by atoms with Crippen LogP contribution in [0.2, 0.25) is 5.02 Å². The molecule has 2 aliphatic heterocycles. The van der Waals surface area contributed by atoms with Gasteiger partial charge in [0.15, 0.2) is 0 Å². The number of hydrogen-bond acceptors (Lipinski definition) is 3. The van der Waals surface area contributed by atoms with Crippen LogP contribution in [0.15, 0.2) is 72.8 Å². The molecule has 7 heteroatoms. The molecule has 0 radical (unpaired) electrons. The minimum absolute atomic E-state index is 0. The zero-order valence-corrected chi connectivity index (χ0v) is 22.1. The summed E-state index contributed by atoms with van der Waals surface area (Å²) in [5.41, 5.74) is 5.27. The van der Waals surface area contributed by atoms with Gasteiger partial charge >= 0.3 is 0 Å². The number of piperazine rings is 1. The summed E-state index contributed by atoms with van der Waals surface area (Å²) in [5, 5.41) is 4.46. The number of nitrogens with one attached hydrogen (secondary N) is 1. The van der Waals surface area contributed by atoms with E-state index in [1.165, 1.54) is 16.7 Å². The van der Waals surface area contributed by atoms with Crippen LogP contribution in [-0.2, 0) is 12.0 Å². The summed E-state index contributed by atoms with van der Waals surface area (Å²) in [6.45, 7) is 7.02. The molecule has 2 heterocycles. The van der Waals surface area contributed by atoms with E-state index in [9.17, 15) is 4.39 Å². The fraction of sp³-hybridized carbons (Fsp3) is 0.357. The normalized spacial score (nSPS) is 19.9. The van der Waals surface area contributed by atoms with Gasteiger partial charge in [-0.2, -0.15) is 0 Å². The number of halogens is 4. The number of anilines is 1. The average Bonchev–Trinajstić information content (AvgIpc) is 2.85. The van der Waals surface area contributed by atoms with Gasteiger partial charge in [0.05, 0.1) is 0 Å². The number of fused-ring (bicyclic) bond motifs is 1. The van der Waals surface area contributed by atoms with Crippen LogP contribution in [0.5, 0.6) is 0 Å². The SMILES string of the molecule is Cl.Cl.Fc1ccc(N2CCN(CCCC3(c4ccc(Cl)cc4)CNCc4ccccc43)CC2)cc1. The van der Waals surface area contributed by atoms with Gasteiger partial charge in [0.2, 0.25) is 0 Å². The van der Waals surface area contributed by atoms with Gasteiger partial charge in [-0.25, -0.2) is 4.39 Å². The predicted molar refractivity (Wildman–Crippen MR) is 149 cm³/mol. The Morgan fingerprint density at radius 3 is 2.26 bits per heavy atom. The molecule has 1 atom stereocenters. The minimum Gasteiger partial charge on any atom is -0.369 e. The van der Waals surface area contributed by atoms with Crippen molar-refractivity contribution in [3.63, 3.8) is 0 Å². The van der Waals surface area contributed by atoms with E-state index >= 15 is 0 Å². The molecule has 0 aliphatic carbocycles. The van der Waals surface area contributed by atoms with Gasteiger partial charge in [0.25, 0.3) is 0 Å². The molecule has 2 aliphatic rings. The summed E-state index contributed by atoms with van der Waals surface area (Å²) in [6.07, 6.45) is 2.23. The Morgan fingerprint density at radius 2 is 1.54 bits per heavy atom. The Balaban J connectivity index is 0.00000171. The first-order valence-corrected chi connectivity index (χ1v) is 12.3. The molecule has 35 heavy (non-hydrogen) atoms. The zero-order chi connectivity index (χ0) is 22.7. The molecule has 0 spiro atoms. The van der Waals surface area contributed by atoms with Crippen molar-refractivity contribution in [1.82, 2.24) is 10.2 Å². The van der Waals surface area contributed by atoms with Gasteiger partial charge in [-0.1, -0.05) is 48.0 Å². The molecule has 3 nitrogen and oxygen atoms in total. The van der Waals surface area contributed by atoms with Crippen molar-refractivity contribution in [3.05, 3.63) is 100 Å². The van der Waals surface area contributed by atoms with Crippen LogP contribution in [-0.4, -0.2) is 44.2 Å². The molecule has 1 unspecified atom stereocenters. The van der Waals surface area contributed by atoms with Crippen molar-refractivity contribution < 1.29 is 4.39 Å². The quantitative estimate of drug-likeness (QED) is 0.398. The summed E-state index contributed by atoms with van der Waals surface area (Å²) < 4.78 is 13.2. The molecular weight excluding hydrogens is 504 g/mol. The van der Waals surface area contributed by atoms with Crippen molar-refractivity contribution >= 4 is 42.1 Å². The smallest absolute Gasteiger partial charge is 0.123 e. The highest BCUT2D eigenvalue weighted by Crippen LogP contribution is 2.41. The Hall–Kier alpha value is -1.82. The fourth-order valence-corrected chi connectivity index (χ4v) is 5.65. The molecule has 3 aromatic carbocycles. The maximum absolute atomic E-state index is 13.2. The number of nitrogens with zero attached hydrogens (tertiary/aromatic N) is 2. The van der Waals surface area contributed by atoms with Gasteiger partial charge in [0.1, 0.15) is 5.82 Å². The van der Waals surface area contributed by atoms with Crippen molar-refractivity contribution in [2.24, 2.45) is 0 Å². The number of hydrogen-bond donors (Lipinski definition) is 1. The van der Waals surface area contributed by atoms with Crippen LogP contribution in [0, 0.1) is 5.82 Å². The maximum atomic E-state index is 13.2. The predicted octanol–water partition coefficient (Wildman–Crippen LogP) is 6.31. The first-order valence-electron chi connectivity index (χ1n) is 11.9. The molecule has 0 saturated carbocycles. The van der Waals surface area contributed by atoms with Crippen LogP contribution >= 0.6 is 36.4 Å². The third-order valence-corrected chi connectivity index (χ3v) is 7.57. The fourth-order valence-electron chi connectivity index (χ4n) is 5.53. The van der Waals surface area contributed by atoms with Crippen LogP contribution in [0.1, 0.15) is 29.5 Å². The van der Waals surface area contributed by atoms with Gasteiger partial charge in [-0.3, -0.25) is 4.90 Å². The molecular formula is C28H33Cl3FN3. The first kappa shape index (κ1) is 27.8. The molecule has 0 aromatic heterocycles. The van der Waals surface area contributed by atoms with E-state index in [1.807, 2.05) is 24.3 Å². The maximum Gasteiger partial charge on any atom is 0.123 e. The van der Waals surface area contributed by atoms with Crippen LogP contribution in [0.25, 0.3) is 0 Å². The largest absolute Gasteiger partial charge is 0.369 e. The average molecular weight is 537 g/mol. The van der Waals surface area contributed by atoms with Crippen molar-refractivity contribution in [2.45, 2.75) is 24.8 Å². The van der Waals surface area contributed by atoms with Crippen molar-refractivity contribution in [3.8, 4) is 0 Å². The third-order valence-electron chi connectivity index (χ3n) is 7.31. The molecule has 1 N–H and O–H groups in total. The first-order chi connectivity index (χ1) is 16.1. The van der Waals surface area contributed by atoms with Crippen LogP contribution < -0.4 is 10.2 Å². The Bertz CT molecular complexity index is 1070. The van der Waals surface area contributed by atoms with Gasteiger partial charge in [0, 0.05) is 55.4 Å². The lowest BCUT2D eigenvalue weighted by atomic mass is 9.68. The molecule has 188 valence electrons.